The average molecular weight is 214 g/mol. The van der Waals surface area contributed by atoms with Gasteiger partial charge in [-0.05, 0) is 17.7 Å². The van der Waals surface area contributed by atoms with Crippen molar-refractivity contribution in [3.05, 3.63) is 34.9 Å². The largest absolute Gasteiger partial charge is 0.477 e. The Bertz CT molecular complexity index is 334. The van der Waals surface area contributed by atoms with Gasteiger partial charge in [-0.15, -0.1) is 0 Å². The van der Waals surface area contributed by atoms with Crippen LogP contribution in [0.3, 0.4) is 0 Å². The fourth-order valence-electron chi connectivity index (χ4n) is 0.775. The highest BCUT2D eigenvalue weighted by Gasteiger charge is 1.93. The summed E-state index contributed by atoms with van der Waals surface area (Å²) in [6.45, 7) is 0.223. The number of nitrogens with zero attached hydrogens (tertiary/aromatic N) is 1. The van der Waals surface area contributed by atoms with Crippen LogP contribution in [0.4, 0.5) is 0 Å². The van der Waals surface area contributed by atoms with E-state index in [9.17, 15) is 4.79 Å². The smallest absolute Gasteiger partial charge is 0.350 e. The van der Waals surface area contributed by atoms with E-state index in [1.807, 2.05) is 0 Å². The standard InChI is InChI=1S/C9H8ClNO3/c10-8-3-1-7(2-4-8)6-14-11-5-9(12)13/h1-5H,6H2,(H,12,13). The first-order valence-corrected chi connectivity index (χ1v) is 4.19. The quantitative estimate of drug-likeness (QED) is 0.614. The van der Waals surface area contributed by atoms with Gasteiger partial charge in [0.05, 0.1) is 0 Å². The van der Waals surface area contributed by atoms with Gasteiger partial charge in [-0.1, -0.05) is 28.9 Å². The zero-order valence-corrected chi connectivity index (χ0v) is 7.94. The number of oxime groups is 1. The molecule has 0 unspecified atom stereocenters. The van der Waals surface area contributed by atoms with Crippen LogP contribution < -0.4 is 0 Å². The molecule has 1 N–H and O–H groups in total. The molecule has 0 saturated carbocycles. The van der Waals surface area contributed by atoms with Gasteiger partial charge in [0.2, 0.25) is 0 Å². The first-order valence-electron chi connectivity index (χ1n) is 3.81. The molecule has 0 aliphatic carbocycles. The molecule has 0 radical (unpaired) electrons. The number of aliphatic carboxylic acids is 1. The molecule has 0 amide bonds. The van der Waals surface area contributed by atoms with Crippen molar-refractivity contribution in [3.8, 4) is 0 Å². The Hall–Kier alpha value is -1.55. The van der Waals surface area contributed by atoms with E-state index in [-0.39, 0.29) is 6.61 Å². The maximum absolute atomic E-state index is 10.0. The molecular weight excluding hydrogens is 206 g/mol. The van der Waals surface area contributed by atoms with Gasteiger partial charge in [0.1, 0.15) is 6.61 Å². The lowest BCUT2D eigenvalue weighted by Gasteiger charge is -1.98. The summed E-state index contributed by atoms with van der Waals surface area (Å²) in [6, 6.07) is 7.00. The van der Waals surface area contributed by atoms with E-state index < -0.39 is 5.97 Å². The molecule has 14 heavy (non-hydrogen) atoms. The zero-order valence-electron chi connectivity index (χ0n) is 7.18. The summed E-state index contributed by atoms with van der Waals surface area (Å²) < 4.78 is 0. The van der Waals surface area contributed by atoms with Crippen molar-refractivity contribution in [3.63, 3.8) is 0 Å². The Morgan fingerprint density at radius 2 is 2.14 bits per heavy atom. The van der Waals surface area contributed by atoms with Gasteiger partial charge in [0.25, 0.3) is 0 Å². The molecular formula is C9H8ClNO3. The van der Waals surface area contributed by atoms with E-state index in [2.05, 4.69) is 5.16 Å². The molecule has 0 spiro atoms. The Balaban J connectivity index is 2.39. The van der Waals surface area contributed by atoms with Crippen LogP contribution in [-0.4, -0.2) is 17.3 Å². The Morgan fingerprint density at radius 1 is 1.50 bits per heavy atom. The van der Waals surface area contributed by atoms with Gasteiger partial charge >= 0.3 is 5.97 Å². The van der Waals surface area contributed by atoms with E-state index in [0.717, 1.165) is 5.56 Å². The second-order valence-corrected chi connectivity index (χ2v) is 2.91. The Kier molecular flexibility index (Phi) is 3.94. The molecule has 4 nitrogen and oxygen atoms in total. The molecule has 0 aliphatic rings. The second-order valence-electron chi connectivity index (χ2n) is 2.47. The van der Waals surface area contributed by atoms with Crippen molar-refractivity contribution >= 4 is 23.8 Å². The third kappa shape index (κ3) is 3.91. The minimum Gasteiger partial charge on any atom is -0.477 e. The normalized spacial score (nSPS) is 10.4. The third-order valence-electron chi connectivity index (χ3n) is 1.38. The topological polar surface area (TPSA) is 58.9 Å². The molecule has 0 saturated heterocycles. The lowest BCUT2D eigenvalue weighted by atomic mass is 10.2. The van der Waals surface area contributed by atoms with E-state index in [1.165, 1.54) is 0 Å². The summed E-state index contributed by atoms with van der Waals surface area (Å²) in [4.78, 5) is 14.7. The molecule has 1 rings (SSSR count). The van der Waals surface area contributed by atoms with Crippen LogP contribution in [0.15, 0.2) is 29.4 Å². The van der Waals surface area contributed by atoms with Crippen molar-refractivity contribution < 1.29 is 14.7 Å². The van der Waals surface area contributed by atoms with E-state index in [1.54, 1.807) is 24.3 Å². The van der Waals surface area contributed by atoms with Crippen LogP contribution >= 0.6 is 11.6 Å². The summed E-state index contributed by atoms with van der Waals surface area (Å²) in [5.41, 5.74) is 0.872. The Labute approximate surface area is 85.7 Å². The predicted octanol–water partition coefficient (Wildman–Crippen LogP) is 1.93. The van der Waals surface area contributed by atoms with Crippen molar-refractivity contribution in [1.29, 1.82) is 0 Å². The molecule has 0 heterocycles. The summed E-state index contributed by atoms with van der Waals surface area (Å²) in [7, 11) is 0. The lowest BCUT2D eigenvalue weighted by Crippen LogP contribution is -1.96. The second kappa shape index (κ2) is 5.24. The van der Waals surface area contributed by atoms with Gasteiger partial charge in [0.15, 0.2) is 6.21 Å². The SMILES string of the molecule is O=C(O)C=NOCc1ccc(Cl)cc1. The molecule has 0 bridgehead atoms. The predicted molar refractivity (Wildman–Crippen MR) is 52.4 cm³/mol. The fraction of sp³-hybridized carbons (Fsp3) is 0.111. The van der Waals surface area contributed by atoms with Crippen LogP contribution in [0.25, 0.3) is 0 Å². The van der Waals surface area contributed by atoms with E-state index >= 15 is 0 Å². The molecule has 5 heteroatoms. The third-order valence-corrected chi connectivity index (χ3v) is 1.63. The zero-order chi connectivity index (χ0) is 10.4. The van der Waals surface area contributed by atoms with Crippen LogP contribution in [0.1, 0.15) is 5.56 Å². The minimum absolute atomic E-state index is 0.223. The number of benzene rings is 1. The van der Waals surface area contributed by atoms with Gasteiger partial charge in [-0.3, -0.25) is 0 Å². The highest BCUT2D eigenvalue weighted by atomic mass is 35.5. The lowest BCUT2D eigenvalue weighted by molar-refractivity contribution is -0.129. The Morgan fingerprint density at radius 3 is 2.71 bits per heavy atom. The van der Waals surface area contributed by atoms with Crippen molar-refractivity contribution in [2.24, 2.45) is 5.16 Å². The summed E-state index contributed by atoms with van der Waals surface area (Å²) >= 11 is 5.67. The number of carboxylic acids is 1. The first kappa shape index (κ1) is 10.5. The maximum Gasteiger partial charge on any atom is 0.350 e. The van der Waals surface area contributed by atoms with E-state index in [0.29, 0.717) is 11.2 Å². The summed E-state index contributed by atoms with van der Waals surface area (Å²) in [5.74, 6) is -1.14. The average Bonchev–Trinajstić information content (AvgIpc) is 2.15. The number of halogens is 1. The van der Waals surface area contributed by atoms with Crippen LogP contribution in [0, 0.1) is 0 Å². The molecule has 0 atom stereocenters. The van der Waals surface area contributed by atoms with Gasteiger partial charge in [0, 0.05) is 5.02 Å². The van der Waals surface area contributed by atoms with Crippen molar-refractivity contribution in [1.82, 2.24) is 0 Å². The minimum atomic E-state index is -1.14. The molecule has 0 aliphatic heterocycles. The molecule has 1 aromatic carbocycles. The molecule has 1 aromatic rings. The molecule has 0 fully saturated rings. The van der Waals surface area contributed by atoms with Crippen LogP contribution in [0.2, 0.25) is 5.02 Å². The fourth-order valence-corrected chi connectivity index (χ4v) is 0.901. The highest BCUT2D eigenvalue weighted by Crippen LogP contribution is 2.09. The molecule has 74 valence electrons. The molecule has 0 aromatic heterocycles. The van der Waals surface area contributed by atoms with E-state index in [4.69, 9.17) is 21.5 Å². The summed E-state index contributed by atoms with van der Waals surface area (Å²) in [6.07, 6.45) is 0.690. The van der Waals surface area contributed by atoms with Gasteiger partial charge in [-0.2, -0.15) is 0 Å². The number of hydrogen-bond donors (Lipinski definition) is 1. The first-order chi connectivity index (χ1) is 6.68. The number of carboxylic acid groups (broad SMARTS) is 1. The van der Waals surface area contributed by atoms with Crippen molar-refractivity contribution in [2.75, 3.05) is 0 Å². The maximum atomic E-state index is 10.0. The monoisotopic (exact) mass is 213 g/mol. The number of hydrogen-bond acceptors (Lipinski definition) is 3. The van der Waals surface area contributed by atoms with Crippen LogP contribution in [0.5, 0.6) is 0 Å². The van der Waals surface area contributed by atoms with Crippen molar-refractivity contribution in [2.45, 2.75) is 6.61 Å². The highest BCUT2D eigenvalue weighted by molar-refractivity contribution is 6.30. The number of carbonyl (C=O) groups is 1. The van der Waals surface area contributed by atoms with Gasteiger partial charge < -0.3 is 9.94 Å². The van der Waals surface area contributed by atoms with Gasteiger partial charge in [-0.25, -0.2) is 4.79 Å². The summed E-state index contributed by atoms with van der Waals surface area (Å²) in [5, 5.41) is 12.1. The number of rotatable bonds is 4. The van der Waals surface area contributed by atoms with Crippen LogP contribution in [-0.2, 0) is 16.2 Å².